The van der Waals surface area contributed by atoms with Crippen LogP contribution in [0.1, 0.15) is 29.5 Å². The highest BCUT2D eigenvalue weighted by Gasteiger charge is 2.32. The largest absolute Gasteiger partial charge is 0.464 e. The lowest BCUT2D eigenvalue weighted by molar-refractivity contribution is -0.184. The third-order valence-corrected chi connectivity index (χ3v) is 5.39. The first-order valence-corrected chi connectivity index (χ1v) is 10.3. The van der Waals surface area contributed by atoms with Gasteiger partial charge in [-0.2, -0.15) is 13.2 Å². The van der Waals surface area contributed by atoms with Crippen LogP contribution in [0.15, 0.2) is 60.7 Å². The summed E-state index contributed by atoms with van der Waals surface area (Å²) >= 11 is 0. The van der Waals surface area contributed by atoms with E-state index in [1.165, 1.54) is 18.2 Å². The number of hydrogen-bond donors (Lipinski definition) is 2. The Kier molecular flexibility index (Phi) is 6.50. The van der Waals surface area contributed by atoms with E-state index >= 15 is 0 Å². The lowest BCUT2D eigenvalue weighted by Crippen LogP contribution is -2.40. The van der Waals surface area contributed by atoms with Crippen LogP contribution in [0.4, 0.5) is 13.2 Å². The predicted molar refractivity (Wildman–Crippen MR) is 116 cm³/mol. The maximum atomic E-state index is 13.4. The van der Waals surface area contributed by atoms with Crippen LogP contribution in [0.5, 0.6) is 5.75 Å². The Balaban J connectivity index is 1.70. The Labute approximate surface area is 183 Å². The van der Waals surface area contributed by atoms with Crippen LogP contribution in [0.2, 0.25) is 0 Å². The van der Waals surface area contributed by atoms with Crippen LogP contribution in [-0.4, -0.2) is 35.3 Å². The monoisotopic (exact) mass is 444 g/mol. The fourth-order valence-electron chi connectivity index (χ4n) is 3.83. The van der Waals surface area contributed by atoms with Gasteiger partial charge in [0, 0.05) is 18.4 Å². The average molecular weight is 444 g/mol. The maximum absolute atomic E-state index is 13.4. The number of halogens is 3. The van der Waals surface area contributed by atoms with Crippen molar-refractivity contribution in [3.63, 3.8) is 0 Å². The number of fused-ring (bicyclic) bond motifs is 1. The normalized spacial score (nSPS) is 21.8. The van der Waals surface area contributed by atoms with E-state index < -0.39 is 30.2 Å². The van der Waals surface area contributed by atoms with Crippen LogP contribution >= 0.6 is 0 Å². The van der Waals surface area contributed by atoms with E-state index in [1.807, 2.05) is 30.3 Å². The Bertz CT molecular complexity index is 1110. The first-order chi connectivity index (χ1) is 15.3. The summed E-state index contributed by atoms with van der Waals surface area (Å²) in [4.78, 5) is 0. The third-order valence-electron chi connectivity index (χ3n) is 5.39. The van der Waals surface area contributed by atoms with Crippen LogP contribution in [0.25, 0.3) is 22.9 Å². The SMILES string of the molecule is OCC1CC(O)CC(Oc2cc3ccccc3cc2/C=C/c2ccccc2C(F)(F)F)O1. The first kappa shape index (κ1) is 22.3. The summed E-state index contributed by atoms with van der Waals surface area (Å²) < 4.78 is 51.8. The van der Waals surface area contributed by atoms with Crippen LogP contribution in [-0.2, 0) is 10.9 Å². The molecule has 0 aromatic heterocycles. The quantitative estimate of drug-likeness (QED) is 0.527. The topological polar surface area (TPSA) is 58.9 Å². The highest BCUT2D eigenvalue weighted by atomic mass is 19.4. The van der Waals surface area contributed by atoms with Crippen LogP contribution < -0.4 is 4.74 Å². The van der Waals surface area contributed by atoms with Crippen LogP contribution in [0, 0.1) is 0 Å². The van der Waals surface area contributed by atoms with Gasteiger partial charge in [-0.1, -0.05) is 54.6 Å². The second kappa shape index (κ2) is 9.32. The Morgan fingerprint density at radius 3 is 2.31 bits per heavy atom. The van der Waals surface area contributed by atoms with Crippen molar-refractivity contribution in [3.8, 4) is 5.75 Å². The number of benzene rings is 3. The summed E-state index contributed by atoms with van der Waals surface area (Å²) in [6, 6.07) is 16.6. The Hall–Kier alpha value is -2.87. The van der Waals surface area contributed by atoms with Gasteiger partial charge in [0.1, 0.15) is 5.75 Å². The summed E-state index contributed by atoms with van der Waals surface area (Å²) in [5.41, 5.74) is -0.0993. The molecular formula is C25H23F3O4. The molecule has 4 rings (SSSR count). The van der Waals surface area contributed by atoms with Crippen LogP contribution in [0.3, 0.4) is 0 Å². The number of alkyl halides is 3. The first-order valence-electron chi connectivity index (χ1n) is 10.3. The van der Waals surface area contributed by atoms with E-state index in [2.05, 4.69) is 0 Å². The van der Waals surface area contributed by atoms with Crippen molar-refractivity contribution in [1.29, 1.82) is 0 Å². The van der Waals surface area contributed by atoms with Crippen molar-refractivity contribution < 1.29 is 32.9 Å². The van der Waals surface area contributed by atoms with Gasteiger partial charge in [0.15, 0.2) is 0 Å². The molecule has 3 atom stereocenters. The van der Waals surface area contributed by atoms with Gasteiger partial charge in [-0.15, -0.1) is 0 Å². The van der Waals surface area contributed by atoms with E-state index in [-0.39, 0.29) is 18.6 Å². The smallest absolute Gasteiger partial charge is 0.416 e. The van der Waals surface area contributed by atoms with Crippen molar-refractivity contribution in [3.05, 3.63) is 77.4 Å². The second-order valence-electron chi connectivity index (χ2n) is 7.77. The lowest BCUT2D eigenvalue weighted by atomic mass is 10.0. The number of aliphatic hydroxyl groups is 2. The summed E-state index contributed by atoms with van der Waals surface area (Å²) in [5.74, 6) is 0.417. The zero-order chi connectivity index (χ0) is 22.7. The molecule has 1 aliphatic heterocycles. The molecule has 3 aromatic carbocycles. The maximum Gasteiger partial charge on any atom is 0.416 e. The molecule has 32 heavy (non-hydrogen) atoms. The molecule has 7 heteroatoms. The molecule has 0 amide bonds. The standard InChI is InChI=1S/C25H23F3O4/c26-25(27,28)22-8-4-3-5-16(22)9-10-19-11-17-6-1-2-7-18(17)12-23(19)32-24-14-20(30)13-21(15-29)31-24/h1-12,20-21,24,29-30H,13-15H2/b10-9+. The molecule has 0 spiro atoms. The van der Waals surface area contributed by atoms with Crippen molar-refractivity contribution in [2.45, 2.75) is 37.5 Å². The molecule has 4 nitrogen and oxygen atoms in total. The molecule has 0 bridgehead atoms. The minimum absolute atomic E-state index is 0.0452. The molecule has 0 radical (unpaired) electrons. The van der Waals surface area contributed by atoms with E-state index in [1.54, 1.807) is 18.2 Å². The Morgan fingerprint density at radius 2 is 1.59 bits per heavy atom. The minimum Gasteiger partial charge on any atom is -0.464 e. The van der Waals surface area contributed by atoms with Gasteiger partial charge in [0.05, 0.1) is 24.4 Å². The van der Waals surface area contributed by atoms with Crippen molar-refractivity contribution in [1.82, 2.24) is 0 Å². The number of hydrogen-bond acceptors (Lipinski definition) is 4. The van der Waals surface area contributed by atoms with E-state index in [0.717, 1.165) is 16.8 Å². The molecule has 0 saturated carbocycles. The molecule has 1 aliphatic rings. The van der Waals surface area contributed by atoms with Gasteiger partial charge in [0.25, 0.3) is 0 Å². The molecule has 1 heterocycles. The summed E-state index contributed by atoms with van der Waals surface area (Å²) in [6.07, 6.45) is -2.94. The predicted octanol–water partition coefficient (Wildman–Crippen LogP) is 5.27. The highest BCUT2D eigenvalue weighted by molar-refractivity contribution is 5.88. The molecule has 3 unspecified atom stereocenters. The van der Waals surface area contributed by atoms with Crippen molar-refractivity contribution in [2.24, 2.45) is 0 Å². The molecular weight excluding hydrogens is 421 g/mol. The van der Waals surface area contributed by atoms with E-state index in [9.17, 15) is 23.4 Å². The summed E-state index contributed by atoms with van der Waals surface area (Å²) in [7, 11) is 0. The molecule has 1 saturated heterocycles. The van der Waals surface area contributed by atoms with Gasteiger partial charge in [-0.05, 0) is 34.5 Å². The Morgan fingerprint density at radius 1 is 0.938 bits per heavy atom. The number of aliphatic hydroxyl groups excluding tert-OH is 2. The van der Waals surface area contributed by atoms with Gasteiger partial charge < -0.3 is 19.7 Å². The van der Waals surface area contributed by atoms with E-state index in [4.69, 9.17) is 9.47 Å². The minimum atomic E-state index is -4.46. The zero-order valence-corrected chi connectivity index (χ0v) is 17.1. The molecule has 1 fully saturated rings. The third kappa shape index (κ3) is 5.12. The lowest BCUT2D eigenvalue weighted by Gasteiger charge is -2.32. The van der Waals surface area contributed by atoms with Gasteiger partial charge in [0.2, 0.25) is 6.29 Å². The zero-order valence-electron chi connectivity index (χ0n) is 17.1. The fraction of sp³-hybridized carbons (Fsp3) is 0.280. The number of ether oxygens (including phenoxy) is 2. The number of rotatable bonds is 5. The molecule has 168 valence electrons. The second-order valence-corrected chi connectivity index (χ2v) is 7.77. The van der Waals surface area contributed by atoms with Gasteiger partial charge in [-0.25, -0.2) is 0 Å². The van der Waals surface area contributed by atoms with Crippen molar-refractivity contribution >= 4 is 22.9 Å². The van der Waals surface area contributed by atoms with Gasteiger partial charge in [-0.3, -0.25) is 0 Å². The summed E-state index contributed by atoms with van der Waals surface area (Å²) in [5, 5.41) is 21.3. The summed E-state index contributed by atoms with van der Waals surface area (Å²) in [6.45, 7) is -0.240. The average Bonchev–Trinajstić information content (AvgIpc) is 2.76. The van der Waals surface area contributed by atoms with E-state index in [0.29, 0.717) is 17.7 Å². The highest BCUT2D eigenvalue weighted by Crippen LogP contribution is 2.34. The molecule has 2 N–H and O–H groups in total. The fourth-order valence-corrected chi connectivity index (χ4v) is 3.83. The molecule has 0 aliphatic carbocycles. The molecule has 3 aromatic rings. The van der Waals surface area contributed by atoms with Gasteiger partial charge >= 0.3 is 6.18 Å². The van der Waals surface area contributed by atoms with Crippen molar-refractivity contribution in [2.75, 3.05) is 6.61 Å².